The Labute approximate surface area is 149 Å². The highest BCUT2D eigenvalue weighted by Crippen LogP contribution is 2.20. The van der Waals surface area contributed by atoms with Crippen LogP contribution in [0.5, 0.6) is 0 Å². The van der Waals surface area contributed by atoms with E-state index in [1.807, 2.05) is 0 Å². The average Bonchev–Trinajstić information content (AvgIpc) is 2.58. The molecule has 1 amide bonds. The van der Waals surface area contributed by atoms with Gasteiger partial charge in [-0.25, -0.2) is 0 Å². The van der Waals surface area contributed by atoms with Gasteiger partial charge in [-0.05, 0) is 39.0 Å². The number of carbonyl (C=O) groups is 1. The lowest BCUT2D eigenvalue weighted by Gasteiger charge is -2.43. The molecule has 0 aromatic heterocycles. The maximum atomic E-state index is 12.3. The minimum atomic E-state index is 0.391. The van der Waals surface area contributed by atoms with E-state index in [0.717, 1.165) is 31.8 Å². The first-order valence-electron chi connectivity index (χ1n) is 10.2. The summed E-state index contributed by atoms with van der Waals surface area (Å²) in [6.07, 6.45) is 6.59. The van der Waals surface area contributed by atoms with Crippen molar-refractivity contribution in [3.8, 4) is 0 Å². The zero-order chi connectivity index (χ0) is 17.5. The predicted molar refractivity (Wildman–Crippen MR) is 101 cm³/mol. The molecule has 0 spiro atoms. The first-order chi connectivity index (χ1) is 11.5. The normalized spacial score (nSPS) is 21.8. The van der Waals surface area contributed by atoms with Crippen LogP contribution in [0.1, 0.15) is 66.2 Å². The molecule has 4 heteroatoms. The number of likely N-dealkylation sites (tertiary alicyclic amines) is 1. The lowest BCUT2D eigenvalue weighted by molar-refractivity contribution is -0.133. The Bertz CT molecular complexity index is 367. The molecule has 0 atom stereocenters. The van der Waals surface area contributed by atoms with Gasteiger partial charge in [0, 0.05) is 57.8 Å². The van der Waals surface area contributed by atoms with Crippen molar-refractivity contribution in [3.05, 3.63) is 0 Å². The van der Waals surface area contributed by atoms with Crippen LogP contribution in [-0.4, -0.2) is 72.0 Å². The van der Waals surface area contributed by atoms with E-state index in [2.05, 4.69) is 42.4 Å². The van der Waals surface area contributed by atoms with Gasteiger partial charge in [-0.2, -0.15) is 0 Å². The minimum Gasteiger partial charge on any atom is -0.343 e. The van der Waals surface area contributed by atoms with E-state index >= 15 is 0 Å². The number of hydrogen-bond acceptors (Lipinski definition) is 3. The number of hydrogen-bond donors (Lipinski definition) is 0. The van der Waals surface area contributed by atoms with Crippen LogP contribution in [0.2, 0.25) is 0 Å². The first-order valence-corrected chi connectivity index (χ1v) is 10.2. The van der Waals surface area contributed by atoms with E-state index in [0.29, 0.717) is 18.0 Å². The number of piperazine rings is 1. The fourth-order valence-electron chi connectivity index (χ4n) is 4.09. The van der Waals surface area contributed by atoms with Gasteiger partial charge in [-0.15, -0.1) is 0 Å². The molecule has 2 aliphatic rings. The molecule has 2 rings (SSSR count). The number of carbonyl (C=O) groups excluding carboxylic acids is 1. The number of rotatable bonds is 7. The molecule has 0 saturated carbocycles. The van der Waals surface area contributed by atoms with Crippen LogP contribution in [0.4, 0.5) is 0 Å². The molecule has 0 unspecified atom stereocenters. The second kappa shape index (κ2) is 9.76. The van der Waals surface area contributed by atoms with E-state index in [4.69, 9.17) is 0 Å². The minimum absolute atomic E-state index is 0.391. The fraction of sp³-hybridized carbons (Fsp3) is 0.950. The van der Waals surface area contributed by atoms with Gasteiger partial charge in [0.1, 0.15) is 0 Å². The average molecular weight is 338 g/mol. The van der Waals surface area contributed by atoms with Crippen molar-refractivity contribution in [3.63, 3.8) is 0 Å². The summed E-state index contributed by atoms with van der Waals surface area (Å²) < 4.78 is 0. The maximum Gasteiger partial charge on any atom is 0.222 e. The molecule has 2 aliphatic heterocycles. The molecule has 0 aromatic carbocycles. The molecule has 0 radical (unpaired) electrons. The van der Waals surface area contributed by atoms with Gasteiger partial charge >= 0.3 is 0 Å². The van der Waals surface area contributed by atoms with Crippen molar-refractivity contribution < 1.29 is 4.79 Å². The molecule has 0 N–H and O–H groups in total. The van der Waals surface area contributed by atoms with E-state index in [1.165, 1.54) is 51.9 Å². The Morgan fingerprint density at radius 2 is 1.54 bits per heavy atom. The van der Waals surface area contributed by atoms with Crippen LogP contribution in [0.25, 0.3) is 0 Å². The largest absolute Gasteiger partial charge is 0.343 e. The van der Waals surface area contributed by atoms with Crippen LogP contribution < -0.4 is 0 Å². The standard InChI is InChI=1S/C20H39N3O/c1-17(2)7-5-6-8-20(24)23-11-9-19(10-12-23)22-15-13-21(14-16-22)18(3)4/h17-19H,5-16H2,1-4H3. The summed E-state index contributed by atoms with van der Waals surface area (Å²) in [7, 11) is 0. The van der Waals surface area contributed by atoms with E-state index in [1.54, 1.807) is 0 Å². The van der Waals surface area contributed by atoms with Gasteiger partial charge in [0.25, 0.3) is 0 Å². The van der Waals surface area contributed by atoms with Crippen LogP contribution >= 0.6 is 0 Å². The summed E-state index contributed by atoms with van der Waals surface area (Å²) in [4.78, 5) is 19.7. The molecule has 2 heterocycles. The van der Waals surface area contributed by atoms with Crippen LogP contribution in [-0.2, 0) is 4.79 Å². The lowest BCUT2D eigenvalue weighted by atomic mass is 10.0. The lowest BCUT2D eigenvalue weighted by Crippen LogP contribution is -2.54. The third-order valence-electron chi connectivity index (χ3n) is 5.83. The van der Waals surface area contributed by atoms with Gasteiger partial charge in [0.15, 0.2) is 0 Å². The second-order valence-corrected chi connectivity index (χ2v) is 8.42. The Hall–Kier alpha value is -0.610. The third kappa shape index (κ3) is 6.03. The van der Waals surface area contributed by atoms with Crippen molar-refractivity contribution in [2.45, 2.75) is 78.3 Å². The van der Waals surface area contributed by atoms with E-state index in [9.17, 15) is 4.79 Å². The zero-order valence-corrected chi connectivity index (χ0v) is 16.5. The van der Waals surface area contributed by atoms with Gasteiger partial charge < -0.3 is 4.90 Å². The van der Waals surface area contributed by atoms with Crippen molar-refractivity contribution in [1.82, 2.24) is 14.7 Å². The van der Waals surface area contributed by atoms with Gasteiger partial charge in [-0.3, -0.25) is 14.6 Å². The topological polar surface area (TPSA) is 26.8 Å². The Kier molecular flexibility index (Phi) is 8.02. The molecule has 2 fully saturated rings. The first kappa shape index (κ1) is 19.7. The van der Waals surface area contributed by atoms with Gasteiger partial charge in [-0.1, -0.05) is 26.7 Å². The second-order valence-electron chi connectivity index (χ2n) is 8.42. The predicted octanol–water partition coefficient (Wildman–Crippen LogP) is 3.22. The summed E-state index contributed by atoms with van der Waals surface area (Å²) >= 11 is 0. The molecular weight excluding hydrogens is 298 g/mol. The maximum absolute atomic E-state index is 12.3. The Balaban J connectivity index is 1.63. The summed E-state index contributed by atoms with van der Waals surface area (Å²) in [6, 6.07) is 1.37. The monoisotopic (exact) mass is 337 g/mol. The molecule has 140 valence electrons. The molecular formula is C20H39N3O. The molecule has 2 saturated heterocycles. The summed E-state index contributed by atoms with van der Waals surface area (Å²) in [5, 5.41) is 0. The van der Waals surface area contributed by atoms with E-state index in [-0.39, 0.29) is 0 Å². The summed E-state index contributed by atoms with van der Waals surface area (Å²) in [5.74, 6) is 1.15. The Morgan fingerprint density at radius 1 is 0.917 bits per heavy atom. The van der Waals surface area contributed by atoms with Crippen molar-refractivity contribution in [2.75, 3.05) is 39.3 Å². The number of piperidine rings is 1. The van der Waals surface area contributed by atoms with Crippen molar-refractivity contribution >= 4 is 5.91 Å². The fourth-order valence-corrected chi connectivity index (χ4v) is 4.09. The summed E-state index contributed by atoms with van der Waals surface area (Å²) in [5.41, 5.74) is 0. The molecule has 24 heavy (non-hydrogen) atoms. The number of unbranched alkanes of at least 4 members (excludes halogenated alkanes) is 1. The zero-order valence-electron chi connectivity index (χ0n) is 16.5. The molecule has 4 nitrogen and oxygen atoms in total. The Morgan fingerprint density at radius 3 is 2.08 bits per heavy atom. The van der Waals surface area contributed by atoms with E-state index < -0.39 is 0 Å². The molecule has 0 bridgehead atoms. The van der Waals surface area contributed by atoms with Gasteiger partial charge in [0.2, 0.25) is 5.91 Å². The van der Waals surface area contributed by atoms with Crippen LogP contribution in [0, 0.1) is 5.92 Å². The SMILES string of the molecule is CC(C)CCCCC(=O)N1CCC(N2CCN(C(C)C)CC2)CC1. The highest BCUT2D eigenvalue weighted by Gasteiger charge is 2.29. The van der Waals surface area contributed by atoms with Crippen molar-refractivity contribution in [1.29, 1.82) is 0 Å². The smallest absolute Gasteiger partial charge is 0.222 e. The van der Waals surface area contributed by atoms with Crippen molar-refractivity contribution in [2.24, 2.45) is 5.92 Å². The summed E-state index contributed by atoms with van der Waals surface area (Å²) in [6.45, 7) is 15.8. The highest BCUT2D eigenvalue weighted by molar-refractivity contribution is 5.76. The number of nitrogens with zero attached hydrogens (tertiary/aromatic N) is 3. The van der Waals surface area contributed by atoms with Gasteiger partial charge in [0.05, 0.1) is 0 Å². The van der Waals surface area contributed by atoms with Crippen LogP contribution in [0.3, 0.4) is 0 Å². The quantitative estimate of drug-likeness (QED) is 0.667. The molecule has 0 aliphatic carbocycles. The molecule has 0 aromatic rings. The highest BCUT2D eigenvalue weighted by atomic mass is 16.2. The van der Waals surface area contributed by atoms with Crippen LogP contribution in [0.15, 0.2) is 0 Å². The number of amides is 1. The third-order valence-corrected chi connectivity index (χ3v) is 5.83.